The molecule has 1 heterocycles. The van der Waals surface area contributed by atoms with Gasteiger partial charge in [-0.2, -0.15) is 0 Å². The maximum absolute atomic E-state index is 12.2. The molecule has 0 bridgehead atoms. The molecule has 0 saturated carbocycles. The molecule has 1 aliphatic heterocycles. The Bertz CT molecular complexity index is 720. The zero-order valence-corrected chi connectivity index (χ0v) is 17.0. The van der Waals surface area contributed by atoms with Crippen LogP contribution in [0.2, 0.25) is 0 Å². The van der Waals surface area contributed by atoms with Crippen molar-refractivity contribution in [1.82, 2.24) is 0 Å². The molecule has 9 nitrogen and oxygen atoms in total. The summed E-state index contributed by atoms with van der Waals surface area (Å²) < 4.78 is 16.1. The van der Waals surface area contributed by atoms with Crippen LogP contribution in [-0.2, 0) is 25.7 Å². The summed E-state index contributed by atoms with van der Waals surface area (Å²) in [6.07, 6.45) is -5.34. The first-order valence-electron chi connectivity index (χ1n) is 9.53. The lowest BCUT2D eigenvalue weighted by molar-refractivity contribution is -0.241. The minimum Gasteiger partial charge on any atom is -0.461 e. The van der Waals surface area contributed by atoms with Crippen LogP contribution in [0.25, 0.3) is 0 Å². The second kappa shape index (κ2) is 10.0. The van der Waals surface area contributed by atoms with Gasteiger partial charge in [-0.25, -0.2) is 0 Å². The highest BCUT2D eigenvalue weighted by Crippen LogP contribution is 2.30. The van der Waals surface area contributed by atoms with Gasteiger partial charge in [0.05, 0.1) is 18.2 Å². The average molecular weight is 411 g/mol. The van der Waals surface area contributed by atoms with Crippen molar-refractivity contribution in [3.8, 4) is 5.75 Å². The highest BCUT2D eigenvalue weighted by molar-refractivity contribution is 5.93. The Morgan fingerprint density at radius 2 is 1.83 bits per heavy atom. The molecule has 29 heavy (non-hydrogen) atoms. The van der Waals surface area contributed by atoms with Crippen LogP contribution in [-0.4, -0.2) is 58.4 Å². The second-order valence-electron chi connectivity index (χ2n) is 7.60. The van der Waals surface area contributed by atoms with Gasteiger partial charge in [0.2, 0.25) is 12.2 Å². The monoisotopic (exact) mass is 411 g/mol. The molecule has 0 aliphatic carbocycles. The van der Waals surface area contributed by atoms with Crippen LogP contribution in [0.5, 0.6) is 5.75 Å². The lowest BCUT2D eigenvalue weighted by Crippen LogP contribution is -2.54. The fourth-order valence-electron chi connectivity index (χ4n) is 2.47. The third-order valence-corrected chi connectivity index (χ3v) is 4.38. The van der Waals surface area contributed by atoms with Crippen molar-refractivity contribution in [3.63, 3.8) is 0 Å². The van der Waals surface area contributed by atoms with Crippen molar-refractivity contribution in [2.24, 2.45) is 11.8 Å². The average Bonchev–Trinajstić information content (AvgIpc) is 2.67. The number of aliphatic hydroxyl groups excluding tert-OH is 3. The Morgan fingerprint density at radius 1 is 1.14 bits per heavy atom. The normalized spacial score (nSPS) is 24.4. The highest BCUT2D eigenvalue weighted by atomic mass is 16.7. The number of amides is 1. The Kier molecular flexibility index (Phi) is 7.97. The first-order chi connectivity index (χ1) is 13.6. The molecule has 4 atom stereocenters. The van der Waals surface area contributed by atoms with Gasteiger partial charge in [-0.05, 0) is 17.7 Å². The highest BCUT2D eigenvalue weighted by Gasteiger charge is 2.39. The summed E-state index contributed by atoms with van der Waals surface area (Å²) in [5.41, 5.74) is 0.934. The van der Waals surface area contributed by atoms with E-state index in [1.54, 1.807) is 45.9 Å². The Labute approximate surface area is 169 Å². The molecule has 1 aromatic rings. The molecule has 0 aromatic heterocycles. The van der Waals surface area contributed by atoms with Gasteiger partial charge in [0.15, 0.2) is 0 Å². The van der Waals surface area contributed by atoms with Crippen LogP contribution < -0.4 is 10.1 Å². The standard InChI is InChI=1S/C20H29NO8/c1-10(2)18(25)21-13-7-12(8-27-19(26)11(3)4)5-6-15(13)29-20-17(24)16(23)14(22)9-28-20/h5-7,10-11,14,16-17,20,22-24H,8-9H2,1-4H3,(H,21,25)/t14-,16+,17-,20+/m1/s1. The molecule has 0 radical (unpaired) electrons. The predicted molar refractivity (Wildman–Crippen MR) is 103 cm³/mol. The number of nitrogens with one attached hydrogen (secondary N) is 1. The van der Waals surface area contributed by atoms with Crippen LogP contribution >= 0.6 is 0 Å². The number of hydrogen-bond donors (Lipinski definition) is 4. The second-order valence-corrected chi connectivity index (χ2v) is 7.60. The number of esters is 1. The van der Waals surface area contributed by atoms with E-state index in [-0.39, 0.29) is 42.7 Å². The molecule has 162 valence electrons. The van der Waals surface area contributed by atoms with Crippen LogP contribution in [0.4, 0.5) is 5.69 Å². The summed E-state index contributed by atoms with van der Waals surface area (Å²) in [5, 5.41) is 32.2. The molecule has 1 amide bonds. The van der Waals surface area contributed by atoms with Gasteiger partial charge in [0.25, 0.3) is 0 Å². The summed E-state index contributed by atoms with van der Waals surface area (Å²) in [5.74, 6) is -0.954. The number of rotatable bonds is 7. The quantitative estimate of drug-likeness (QED) is 0.484. The third kappa shape index (κ3) is 6.14. The minimum atomic E-state index is -1.47. The van der Waals surface area contributed by atoms with E-state index in [2.05, 4.69) is 5.32 Å². The van der Waals surface area contributed by atoms with E-state index in [1.165, 1.54) is 0 Å². The van der Waals surface area contributed by atoms with E-state index in [9.17, 15) is 24.9 Å². The Hall–Kier alpha value is -2.20. The van der Waals surface area contributed by atoms with Gasteiger partial charge in [0.1, 0.15) is 30.7 Å². The summed E-state index contributed by atoms with van der Waals surface area (Å²) in [7, 11) is 0. The molecular weight excluding hydrogens is 382 g/mol. The maximum Gasteiger partial charge on any atom is 0.308 e. The van der Waals surface area contributed by atoms with Gasteiger partial charge in [-0.3, -0.25) is 9.59 Å². The molecule has 0 unspecified atom stereocenters. The van der Waals surface area contributed by atoms with Crippen molar-refractivity contribution in [1.29, 1.82) is 0 Å². The zero-order valence-electron chi connectivity index (χ0n) is 17.0. The van der Waals surface area contributed by atoms with Crippen molar-refractivity contribution in [2.75, 3.05) is 11.9 Å². The molecule has 1 saturated heterocycles. The molecule has 4 N–H and O–H groups in total. The lowest BCUT2D eigenvalue weighted by Gasteiger charge is -2.35. The van der Waals surface area contributed by atoms with Crippen LogP contribution in [0.15, 0.2) is 18.2 Å². The number of carbonyl (C=O) groups excluding carboxylic acids is 2. The van der Waals surface area contributed by atoms with Crippen molar-refractivity contribution in [2.45, 2.75) is 58.9 Å². The molecule has 0 spiro atoms. The lowest BCUT2D eigenvalue weighted by atomic mass is 10.1. The van der Waals surface area contributed by atoms with E-state index in [4.69, 9.17) is 14.2 Å². The van der Waals surface area contributed by atoms with Gasteiger partial charge < -0.3 is 34.8 Å². The predicted octanol–water partition coefficient (Wildman–Crippen LogP) is 0.798. The summed E-state index contributed by atoms with van der Waals surface area (Å²) in [6.45, 7) is 6.74. The van der Waals surface area contributed by atoms with Crippen molar-refractivity contribution in [3.05, 3.63) is 23.8 Å². The van der Waals surface area contributed by atoms with E-state index < -0.39 is 24.6 Å². The van der Waals surface area contributed by atoms with Crippen LogP contribution in [0.1, 0.15) is 33.3 Å². The molecule has 9 heteroatoms. The first kappa shape index (κ1) is 23.1. The fourth-order valence-corrected chi connectivity index (χ4v) is 2.47. The number of hydrogen-bond acceptors (Lipinski definition) is 8. The van der Waals surface area contributed by atoms with Gasteiger partial charge in [-0.15, -0.1) is 0 Å². The number of benzene rings is 1. The number of carbonyl (C=O) groups is 2. The van der Waals surface area contributed by atoms with Gasteiger partial charge in [0, 0.05) is 5.92 Å². The number of aliphatic hydroxyl groups is 3. The molecule has 1 fully saturated rings. The number of ether oxygens (including phenoxy) is 3. The van der Waals surface area contributed by atoms with Crippen LogP contribution in [0.3, 0.4) is 0 Å². The maximum atomic E-state index is 12.2. The molecular formula is C20H29NO8. The van der Waals surface area contributed by atoms with E-state index in [0.717, 1.165) is 0 Å². The van der Waals surface area contributed by atoms with Crippen LogP contribution in [0, 0.1) is 11.8 Å². The Balaban J connectivity index is 2.20. The Morgan fingerprint density at radius 3 is 2.45 bits per heavy atom. The van der Waals surface area contributed by atoms with Crippen molar-refractivity contribution < 1.29 is 39.1 Å². The summed E-state index contributed by atoms with van der Waals surface area (Å²) in [6, 6.07) is 4.79. The fraction of sp³-hybridized carbons (Fsp3) is 0.600. The summed E-state index contributed by atoms with van der Waals surface area (Å²) >= 11 is 0. The smallest absolute Gasteiger partial charge is 0.308 e. The van der Waals surface area contributed by atoms with E-state index in [1.807, 2.05) is 0 Å². The largest absolute Gasteiger partial charge is 0.461 e. The number of anilines is 1. The first-order valence-corrected chi connectivity index (χ1v) is 9.53. The van der Waals surface area contributed by atoms with Gasteiger partial charge in [-0.1, -0.05) is 33.8 Å². The minimum absolute atomic E-state index is 0.0231. The summed E-state index contributed by atoms with van der Waals surface area (Å²) in [4.78, 5) is 23.9. The molecule has 1 aromatic carbocycles. The van der Waals surface area contributed by atoms with E-state index in [0.29, 0.717) is 11.3 Å². The molecule has 2 rings (SSSR count). The zero-order chi connectivity index (χ0) is 21.7. The van der Waals surface area contributed by atoms with Crippen molar-refractivity contribution >= 4 is 17.6 Å². The molecule has 1 aliphatic rings. The topological polar surface area (TPSA) is 135 Å². The third-order valence-electron chi connectivity index (χ3n) is 4.38. The van der Waals surface area contributed by atoms with Gasteiger partial charge >= 0.3 is 5.97 Å². The van der Waals surface area contributed by atoms with E-state index >= 15 is 0 Å². The SMILES string of the molecule is CC(C)C(=O)Nc1cc(COC(=O)C(C)C)ccc1O[C@@H]1OC[C@@H](O)[C@H](O)[C@H]1O.